The lowest BCUT2D eigenvalue weighted by Gasteiger charge is -2.34. The van der Waals surface area contributed by atoms with Crippen LogP contribution in [-0.2, 0) is 11.2 Å². The summed E-state index contributed by atoms with van der Waals surface area (Å²) in [4.78, 5) is 25.8. The van der Waals surface area contributed by atoms with E-state index in [1.165, 1.54) is 0 Å². The monoisotopic (exact) mass is 448 g/mol. The Morgan fingerprint density at radius 1 is 1.19 bits per heavy atom. The van der Waals surface area contributed by atoms with E-state index in [1.54, 1.807) is 18.2 Å². The van der Waals surface area contributed by atoms with Gasteiger partial charge in [-0.1, -0.05) is 25.7 Å². The number of fused-ring (bicyclic) bond motifs is 1. The topological polar surface area (TPSA) is 78.9 Å². The number of carbonyl (C=O) groups excluding carboxylic acids is 1. The van der Waals surface area contributed by atoms with Crippen molar-refractivity contribution in [2.75, 3.05) is 18.5 Å². The number of amides is 2. The van der Waals surface area contributed by atoms with E-state index in [9.17, 15) is 23.5 Å². The van der Waals surface area contributed by atoms with Crippen molar-refractivity contribution in [1.29, 1.82) is 0 Å². The minimum absolute atomic E-state index is 0.0986. The molecule has 2 N–H and O–H groups in total. The second-order valence-electron chi connectivity index (χ2n) is 8.47. The number of nitrogens with one attached hydrogen (secondary N) is 1. The molecule has 6 nitrogen and oxygen atoms in total. The first-order valence-electron chi connectivity index (χ1n) is 10.1. The first-order chi connectivity index (χ1) is 14.5. The van der Waals surface area contributed by atoms with Gasteiger partial charge in [-0.05, 0) is 47.9 Å². The van der Waals surface area contributed by atoms with Crippen LogP contribution >= 0.6 is 0 Å². The van der Waals surface area contributed by atoms with Crippen LogP contribution in [0.25, 0.3) is 0 Å². The minimum Gasteiger partial charge on any atom is -0.494 e. The van der Waals surface area contributed by atoms with Gasteiger partial charge < -0.3 is 15.2 Å². The molecule has 3 rings (SSSR count). The highest BCUT2D eigenvalue weighted by atomic mass is 28.3. The van der Waals surface area contributed by atoms with Gasteiger partial charge in [-0.25, -0.2) is 13.6 Å². The summed E-state index contributed by atoms with van der Waals surface area (Å²) in [6.07, 6.45) is -0.847. The maximum atomic E-state index is 14.7. The first kappa shape index (κ1) is 22.7. The molecule has 31 heavy (non-hydrogen) atoms. The summed E-state index contributed by atoms with van der Waals surface area (Å²) >= 11 is 0. The summed E-state index contributed by atoms with van der Waals surface area (Å²) in [5.41, 5.74) is 0.964. The van der Waals surface area contributed by atoms with Crippen molar-refractivity contribution >= 4 is 30.9 Å². The average molecular weight is 449 g/mol. The van der Waals surface area contributed by atoms with Gasteiger partial charge in [-0.15, -0.1) is 0 Å². The average Bonchev–Trinajstić information content (AvgIpc) is 2.68. The maximum Gasteiger partial charge on any atom is 0.408 e. The van der Waals surface area contributed by atoms with Gasteiger partial charge in [0.2, 0.25) is 0 Å². The Labute approximate surface area is 180 Å². The first-order valence-corrected chi connectivity index (χ1v) is 13.6. The summed E-state index contributed by atoms with van der Waals surface area (Å²) in [5.74, 6) is -1.46. The Hall–Kier alpha value is -2.94. The summed E-state index contributed by atoms with van der Waals surface area (Å²) in [5, 5.41) is 12.3. The fraction of sp³-hybridized carbons (Fsp3) is 0.364. The zero-order valence-corrected chi connectivity index (χ0v) is 19.0. The number of ether oxygens (including phenoxy) is 1. The lowest BCUT2D eigenvalue weighted by Crippen LogP contribution is -2.45. The third-order valence-electron chi connectivity index (χ3n) is 5.27. The summed E-state index contributed by atoms with van der Waals surface area (Å²) in [6, 6.07) is 5.99. The molecule has 2 aromatic carbocycles. The van der Waals surface area contributed by atoms with Gasteiger partial charge in [0.25, 0.3) is 5.91 Å². The van der Waals surface area contributed by atoms with E-state index >= 15 is 0 Å². The predicted molar refractivity (Wildman–Crippen MR) is 117 cm³/mol. The molecule has 1 unspecified atom stereocenters. The zero-order valence-electron chi connectivity index (χ0n) is 18.0. The highest BCUT2D eigenvalue weighted by Gasteiger charge is 2.37. The highest BCUT2D eigenvalue weighted by Crippen LogP contribution is 2.33. The third kappa shape index (κ3) is 4.71. The van der Waals surface area contributed by atoms with Crippen molar-refractivity contribution in [2.45, 2.75) is 39.0 Å². The lowest BCUT2D eigenvalue weighted by molar-refractivity contribution is -0.121. The van der Waals surface area contributed by atoms with Gasteiger partial charge in [-0.2, -0.15) is 0 Å². The number of halogens is 2. The van der Waals surface area contributed by atoms with Crippen molar-refractivity contribution in [3.8, 4) is 5.75 Å². The van der Waals surface area contributed by atoms with Crippen molar-refractivity contribution in [1.82, 2.24) is 4.90 Å². The third-order valence-corrected chi connectivity index (χ3v) is 7.27. The SMILES string of the molecule is CCOc1ccc2c(c1)CCN(C(=O)O)C2C(=O)Nc1cc(F)c([Si](C)(C)C)cc1F. The number of anilines is 1. The highest BCUT2D eigenvalue weighted by molar-refractivity contribution is 6.88. The van der Waals surface area contributed by atoms with Gasteiger partial charge in [0.05, 0.1) is 20.4 Å². The molecular weight excluding hydrogens is 422 g/mol. The van der Waals surface area contributed by atoms with Crippen molar-refractivity contribution in [3.05, 3.63) is 53.1 Å². The normalized spacial score (nSPS) is 15.9. The number of carbonyl (C=O) groups is 2. The number of rotatable bonds is 5. The summed E-state index contributed by atoms with van der Waals surface area (Å²) < 4.78 is 34.7. The molecule has 9 heteroatoms. The van der Waals surface area contributed by atoms with Crippen LogP contribution < -0.4 is 15.2 Å². The molecule has 0 aliphatic carbocycles. The van der Waals surface area contributed by atoms with Crippen LogP contribution in [-0.4, -0.2) is 43.2 Å². The Balaban J connectivity index is 1.96. The van der Waals surface area contributed by atoms with Crippen molar-refractivity contribution in [2.24, 2.45) is 0 Å². The van der Waals surface area contributed by atoms with Gasteiger partial charge in [0, 0.05) is 12.6 Å². The molecule has 0 bridgehead atoms. The molecule has 1 atom stereocenters. The molecule has 166 valence electrons. The molecule has 0 spiro atoms. The van der Waals surface area contributed by atoms with Crippen LogP contribution in [0, 0.1) is 11.6 Å². The van der Waals surface area contributed by atoms with Crippen molar-refractivity contribution in [3.63, 3.8) is 0 Å². The minimum atomic E-state index is -2.12. The maximum absolute atomic E-state index is 14.7. The molecule has 0 fully saturated rings. The molecule has 2 aromatic rings. The molecular formula is C22H26F2N2O4Si. The Kier molecular flexibility index (Phi) is 6.35. The Morgan fingerprint density at radius 2 is 1.90 bits per heavy atom. The number of nitrogens with zero attached hydrogens (tertiary/aromatic N) is 1. The van der Waals surface area contributed by atoms with Crippen LogP contribution in [0.1, 0.15) is 24.1 Å². The lowest BCUT2D eigenvalue weighted by atomic mass is 9.92. The van der Waals surface area contributed by atoms with Crippen molar-refractivity contribution < 1.29 is 28.2 Å². The molecule has 1 heterocycles. The van der Waals surface area contributed by atoms with Gasteiger partial charge in [0.15, 0.2) is 0 Å². The second kappa shape index (κ2) is 8.66. The Bertz CT molecular complexity index is 1020. The van der Waals surface area contributed by atoms with E-state index in [0.29, 0.717) is 29.5 Å². The largest absolute Gasteiger partial charge is 0.494 e. The van der Waals surface area contributed by atoms with Crippen LogP contribution in [0.15, 0.2) is 30.3 Å². The molecule has 2 amide bonds. The van der Waals surface area contributed by atoms with E-state index in [0.717, 1.165) is 22.6 Å². The number of hydrogen-bond acceptors (Lipinski definition) is 3. The van der Waals surface area contributed by atoms with Gasteiger partial charge in [0.1, 0.15) is 23.4 Å². The quantitative estimate of drug-likeness (QED) is 0.675. The smallest absolute Gasteiger partial charge is 0.408 e. The molecule has 0 aromatic heterocycles. The van der Waals surface area contributed by atoms with E-state index in [2.05, 4.69) is 5.32 Å². The fourth-order valence-corrected chi connectivity index (χ4v) is 5.12. The van der Waals surface area contributed by atoms with Crippen LogP contribution in [0.3, 0.4) is 0 Å². The molecule has 0 saturated carbocycles. The fourth-order valence-electron chi connectivity index (χ4n) is 3.77. The van der Waals surface area contributed by atoms with Crippen LogP contribution in [0.5, 0.6) is 5.75 Å². The zero-order chi connectivity index (χ0) is 22.9. The summed E-state index contributed by atoms with van der Waals surface area (Å²) in [7, 11) is -2.12. The number of carboxylic acid groups (broad SMARTS) is 1. The molecule has 1 aliphatic heterocycles. The van der Waals surface area contributed by atoms with E-state index in [-0.39, 0.29) is 12.2 Å². The standard InChI is InChI=1S/C22H26F2N2O4Si/c1-5-30-14-6-7-15-13(10-14)8-9-26(22(28)29)20(15)21(27)25-18-11-17(24)19(12-16(18)23)31(2,3)4/h6-7,10-12,20H,5,8-9H2,1-4H3,(H,25,27)(H,28,29). The summed E-state index contributed by atoms with van der Waals surface area (Å²) in [6.45, 7) is 8.10. The van der Waals surface area contributed by atoms with E-state index < -0.39 is 37.8 Å². The second-order valence-corrected chi connectivity index (χ2v) is 13.5. The number of benzene rings is 2. The molecule has 1 aliphatic rings. The van der Waals surface area contributed by atoms with Gasteiger partial charge in [-0.3, -0.25) is 9.69 Å². The van der Waals surface area contributed by atoms with E-state index in [1.807, 2.05) is 26.6 Å². The van der Waals surface area contributed by atoms with Crippen LogP contribution in [0.2, 0.25) is 19.6 Å². The molecule has 0 saturated heterocycles. The predicted octanol–water partition coefficient (Wildman–Crippen LogP) is 4.12. The Morgan fingerprint density at radius 3 is 2.52 bits per heavy atom. The van der Waals surface area contributed by atoms with E-state index in [4.69, 9.17) is 4.74 Å². The molecule has 0 radical (unpaired) electrons. The van der Waals surface area contributed by atoms with Gasteiger partial charge >= 0.3 is 6.09 Å². The number of hydrogen-bond donors (Lipinski definition) is 2. The van der Waals surface area contributed by atoms with Crippen LogP contribution in [0.4, 0.5) is 19.3 Å².